The molecule has 242 valence electrons. The van der Waals surface area contributed by atoms with Crippen LogP contribution in [0.1, 0.15) is 12.5 Å². The quantitative estimate of drug-likeness (QED) is 0.237. The maximum atomic E-state index is 13.6. The van der Waals surface area contributed by atoms with Gasteiger partial charge in [0.1, 0.15) is 12.4 Å². The van der Waals surface area contributed by atoms with Gasteiger partial charge in [0.05, 0.1) is 13.2 Å². The maximum Gasteiger partial charge on any atom is 0.460 e. The van der Waals surface area contributed by atoms with E-state index in [0.717, 1.165) is 0 Å². The normalized spacial score (nSPS) is 13.9. The number of rotatable bonds is 16. The van der Waals surface area contributed by atoms with Gasteiger partial charge in [-0.15, -0.1) is 0 Å². The lowest BCUT2D eigenvalue weighted by atomic mass is 10.1. The smallest absolute Gasteiger partial charge is 0.460 e. The molecule has 1 unspecified atom stereocenters. The molecule has 42 heavy (non-hydrogen) atoms. The van der Waals surface area contributed by atoms with Crippen molar-refractivity contribution in [1.82, 2.24) is 4.90 Å². The van der Waals surface area contributed by atoms with Crippen LogP contribution in [0, 0.1) is 0 Å². The van der Waals surface area contributed by atoms with Crippen molar-refractivity contribution >= 4 is 12.1 Å². The highest BCUT2D eigenvalue weighted by molar-refractivity contribution is 5.72. The van der Waals surface area contributed by atoms with Gasteiger partial charge >= 0.3 is 42.4 Å². The van der Waals surface area contributed by atoms with E-state index in [4.69, 9.17) is 14.6 Å². The predicted octanol–water partition coefficient (Wildman–Crippen LogP) is 5.54. The highest BCUT2D eigenvalue weighted by Gasteiger charge is 2.82. The molecule has 0 saturated carbocycles. The largest absolute Gasteiger partial charge is 0.492 e. The average molecular weight is 641 g/mol. The molecule has 0 saturated heterocycles. The second-order valence-corrected chi connectivity index (χ2v) is 8.15. The number of alkyl halides is 12. The monoisotopic (exact) mass is 641 g/mol. The number of amides is 1. The molecule has 1 aromatic carbocycles. The van der Waals surface area contributed by atoms with Gasteiger partial charge in [0.2, 0.25) is 0 Å². The molecule has 1 N–H and O–H groups in total. The number of carboxylic acid groups (broad SMARTS) is 1. The highest BCUT2D eigenvalue weighted by Crippen LogP contribution is 2.53. The third kappa shape index (κ3) is 10.3. The van der Waals surface area contributed by atoms with Crippen molar-refractivity contribution in [2.45, 2.75) is 49.8 Å². The van der Waals surface area contributed by atoms with E-state index in [1.165, 1.54) is 24.3 Å². The molecule has 1 rings (SSSR count). The Kier molecular flexibility index (Phi) is 12.6. The van der Waals surface area contributed by atoms with Crippen LogP contribution in [0.15, 0.2) is 24.3 Å². The number of aliphatic carboxylic acids is 1. The van der Waals surface area contributed by atoms with Crippen LogP contribution in [-0.2, 0) is 25.4 Å². The number of hydrogen-bond acceptors (Lipinski definition) is 6. The molecule has 1 amide bonds. The summed E-state index contributed by atoms with van der Waals surface area (Å²) in [6.07, 6.45) is -21.7. The molecule has 0 heterocycles. The number of carboxylic acids is 1. The van der Waals surface area contributed by atoms with Crippen LogP contribution in [0.3, 0.4) is 0 Å². The summed E-state index contributed by atoms with van der Waals surface area (Å²) < 4.78 is 171. The molecular formula is C22H23F12NO7. The number of ether oxygens (including phenoxy) is 4. The lowest BCUT2D eigenvalue weighted by Crippen LogP contribution is -2.62. The fourth-order valence-corrected chi connectivity index (χ4v) is 2.89. The van der Waals surface area contributed by atoms with Gasteiger partial charge in [-0.25, -0.2) is 9.59 Å². The summed E-state index contributed by atoms with van der Waals surface area (Å²) >= 11 is 0. The van der Waals surface area contributed by atoms with Gasteiger partial charge in [-0.2, -0.15) is 52.7 Å². The van der Waals surface area contributed by atoms with Crippen molar-refractivity contribution in [2.75, 3.05) is 39.5 Å². The Labute approximate surface area is 229 Å². The molecule has 0 fully saturated rings. The molecular weight excluding hydrogens is 618 g/mol. The number of hydrogen-bond donors (Lipinski definition) is 1. The third-order valence-electron chi connectivity index (χ3n) is 5.00. The Balaban J connectivity index is 2.88. The number of carbonyl (C=O) groups excluding carboxylic acids is 1. The Bertz CT molecular complexity index is 1020. The SMILES string of the molecule is CCOC(Cc1ccc(OCCN(CCOC(F)(F)C(F)(F)C(F)(F)C(F)(F)F)C(=O)OCC(F)(F)F)cc1)C(=O)O. The molecule has 0 spiro atoms. The summed E-state index contributed by atoms with van der Waals surface area (Å²) in [5.74, 6) is -15.5. The Hall–Kier alpha value is -3.16. The van der Waals surface area contributed by atoms with E-state index >= 15 is 0 Å². The molecule has 0 radical (unpaired) electrons. The first-order valence-corrected chi connectivity index (χ1v) is 11.4. The van der Waals surface area contributed by atoms with Crippen LogP contribution >= 0.6 is 0 Å². The topological polar surface area (TPSA) is 94.5 Å². The van der Waals surface area contributed by atoms with Crippen LogP contribution in [0.4, 0.5) is 57.5 Å². The van der Waals surface area contributed by atoms with E-state index in [2.05, 4.69) is 9.47 Å². The van der Waals surface area contributed by atoms with Crippen LogP contribution in [-0.4, -0.2) is 98.0 Å². The summed E-state index contributed by atoms with van der Waals surface area (Å²) in [5, 5.41) is 9.11. The van der Waals surface area contributed by atoms with E-state index < -0.39 is 81.4 Å². The minimum atomic E-state index is -7.24. The molecule has 0 bridgehead atoms. The van der Waals surface area contributed by atoms with Crippen LogP contribution in [0.2, 0.25) is 0 Å². The first-order chi connectivity index (χ1) is 19.1. The predicted molar refractivity (Wildman–Crippen MR) is 115 cm³/mol. The van der Waals surface area contributed by atoms with Gasteiger partial charge in [-0.3, -0.25) is 0 Å². The van der Waals surface area contributed by atoms with E-state index in [-0.39, 0.29) is 23.7 Å². The van der Waals surface area contributed by atoms with E-state index in [1.807, 2.05) is 0 Å². The summed E-state index contributed by atoms with van der Waals surface area (Å²) in [5.41, 5.74) is 0.478. The number of carbonyl (C=O) groups is 2. The van der Waals surface area contributed by atoms with Crippen LogP contribution in [0.25, 0.3) is 0 Å². The Morgan fingerprint density at radius 2 is 1.40 bits per heavy atom. The van der Waals surface area contributed by atoms with Crippen molar-refractivity contribution in [1.29, 1.82) is 0 Å². The fraction of sp³-hybridized carbons (Fsp3) is 0.636. The molecule has 0 aliphatic heterocycles. The summed E-state index contributed by atoms with van der Waals surface area (Å²) in [4.78, 5) is 23.3. The zero-order valence-electron chi connectivity index (χ0n) is 21.2. The molecule has 0 aliphatic carbocycles. The molecule has 20 heteroatoms. The highest BCUT2D eigenvalue weighted by atomic mass is 19.4. The van der Waals surface area contributed by atoms with Crippen molar-refractivity contribution in [3.05, 3.63) is 29.8 Å². The van der Waals surface area contributed by atoms with Crippen molar-refractivity contribution in [3.8, 4) is 5.75 Å². The van der Waals surface area contributed by atoms with Crippen molar-refractivity contribution in [2.24, 2.45) is 0 Å². The number of halogens is 12. The molecule has 1 atom stereocenters. The summed E-state index contributed by atoms with van der Waals surface area (Å²) in [7, 11) is 0. The van der Waals surface area contributed by atoms with Gasteiger partial charge in [0, 0.05) is 19.6 Å². The lowest BCUT2D eigenvalue weighted by Gasteiger charge is -2.33. The summed E-state index contributed by atoms with van der Waals surface area (Å²) in [6, 6.07) is 5.43. The maximum absolute atomic E-state index is 13.6. The van der Waals surface area contributed by atoms with Crippen molar-refractivity contribution in [3.63, 3.8) is 0 Å². The van der Waals surface area contributed by atoms with Crippen molar-refractivity contribution < 1.29 is 86.3 Å². The van der Waals surface area contributed by atoms with Gasteiger partial charge in [0.15, 0.2) is 12.7 Å². The first-order valence-electron chi connectivity index (χ1n) is 11.4. The molecule has 8 nitrogen and oxygen atoms in total. The number of benzene rings is 1. The van der Waals surface area contributed by atoms with Crippen LogP contribution < -0.4 is 4.74 Å². The second kappa shape index (κ2) is 14.3. The second-order valence-electron chi connectivity index (χ2n) is 8.15. The zero-order valence-corrected chi connectivity index (χ0v) is 21.2. The molecule has 1 aromatic rings. The zero-order chi connectivity index (χ0) is 32.6. The van der Waals surface area contributed by atoms with E-state index in [1.54, 1.807) is 6.92 Å². The third-order valence-corrected chi connectivity index (χ3v) is 5.00. The van der Waals surface area contributed by atoms with E-state index in [9.17, 15) is 62.3 Å². The average Bonchev–Trinajstić information content (AvgIpc) is 2.85. The standard InChI is InChI=1S/C22H23F12NO7/c1-2-39-15(16(36)37)11-13-3-5-14(6-4-13)40-9-7-35(17(38)41-12-18(23,24)25)8-10-42-22(33,34)20(28,29)19(26,27)21(30,31)32/h3-6,15H,2,7-12H2,1H3,(H,36,37). The lowest BCUT2D eigenvalue weighted by molar-refractivity contribution is -0.443. The first kappa shape index (κ1) is 36.9. The minimum Gasteiger partial charge on any atom is -0.492 e. The number of nitrogens with zero attached hydrogens (tertiary/aromatic N) is 1. The van der Waals surface area contributed by atoms with Crippen LogP contribution in [0.5, 0.6) is 5.75 Å². The van der Waals surface area contributed by atoms with Gasteiger partial charge in [-0.05, 0) is 24.6 Å². The van der Waals surface area contributed by atoms with Gasteiger partial charge in [0.25, 0.3) is 0 Å². The van der Waals surface area contributed by atoms with Gasteiger partial charge in [-0.1, -0.05) is 12.1 Å². The Morgan fingerprint density at radius 3 is 1.88 bits per heavy atom. The van der Waals surface area contributed by atoms with E-state index in [0.29, 0.717) is 5.56 Å². The summed E-state index contributed by atoms with van der Waals surface area (Å²) in [6.45, 7) is -5.09. The van der Waals surface area contributed by atoms with Gasteiger partial charge < -0.3 is 29.0 Å². The molecule has 0 aromatic heterocycles. The fourth-order valence-electron chi connectivity index (χ4n) is 2.89. The minimum absolute atomic E-state index is 0.0408. The molecule has 0 aliphatic rings. The Morgan fingerprint density at radius 1 is 0.857 bits per heavy atom.